The Morgan fingerprint density at radius 2 is 1.65 bits per heavy atom. The van der Waals surface area contributed by atoms with E-state index in [0.29, 0.717) is 6.04 Å². The molecule has 0 aromatic heterocycles. The van der Waals surface area contributed by atoms with E-state index in [0.717, 1.165) is 24.0 Å². The van der Waals surface area contributed by atoms with Gasteiger partial charge in [-0.05, 0) is 31.4 Å². The van der Waals surface area contributed by atoms with E-state index in [1.165, 1.54) is 32.1 Å². The molecule has 2 rings (SSSR count). The van der Waals surface area contributed by atoms with E-state index in [2.05, 4.69) is 5.32 Å². The fourth-order valence-electron chi connectivity index (χ4n) is 2.76. The number of carbonyl (C=O) groups excluding carboxylic acids is 1. The number of benzene rings is 1. The molecule has 1 aliphatic carbocycles. The van der Waals surface area contributed by atoms with Gasteiger partial charge in [-0.25, -0.2) is 0 Å². The van der Waals surface area contributed by atoms with Crippen LogP contribution in [0.1, 0.15) is 57.4 Å². The molecule has 1 N–H and O–H groups in total. The predicted molar refractivity (Wildman–Crippen MR) is 84.3 cm³/mol. The Balaban J connectivity index is 1.91. The van der Waals surface area contributed by atoms with Crippen molar-refractivity contribution >= 4 is 12.0 Å². The summed E-state index contributed by atoms with van der Waals surface area (Å²) in [6.07, 6.45) is 10.7. The smallest absolute Gasteiger partial charge is 0.247 e. The van der Waals surface area contributed by atoms with Crippen LogP contribution < -0.4 is 5.32 Å². The van der Waals surface area contributed by atoms with Crippen molar-refractivity contribution in [2.75, 3.05) is 0 Å². The maximum Gasteiger partial charge on any atom is 0.247 e. The average Bonchev–Trinajstić information content (AvgIpc) is 2.42. The SMILES string of the molecule is CC(=Cc1ccccc1)C(=O)NC1CCCCCCC1. The molecule has 0 bridgehead atoms. The first-order chi connectivity index (χ1) is 9.75. The summed E-state index contributed by atoms with van der Waals surface area (Å²) in [4.78, 5) is 12.2. The Labute approximate surface area is 122 Å². The zero-order chi connectivity index (χ0) is 14.2. The molecule has 20 heavy (non-hydrogen) atoms. The molecule has 0 atom stereocenters. The topological polar surface area (TPSA) is 29.1 Å². The maximum absolute atomic E-state index is 12.2. The zero-order valence-corrected chi connectivity index (χ0v) is 12.4. The molecule has 2 heteroatoms. The average molecular weight is 271 g/mol. The molecule has 0 saturated heterocycles. The van der Waals surface area contributed by atoms with Crippen molar-refractivity contribution in [1.82, 2.24) is 5.32 Å². The van der Waals surface area contributed by atoms with E-state index >= 15 is 0 Å². The summed E-state index contributed by atoms with van der Waals surface area (Å²) in [5, 5.41) is 3.20. The summed E-state index contributed by atoms with van der Waals surface area (Å²) >= 11 is 0. The summed E-state index contributed by atoms with van der Waals surface area (Å²) in [6, 6.07) is 10.4. The number of amides is 1. The number of nitrogens with one attached hydrogen (secondary N) is 1. The van der Waals surface area contributed by atoms with Crippen LogP contribution in [0, 0.1) is 0 Å². The molecule has 2 nitrogen and oxygen atoms in total. The van der Waals surface area contributed by atoms with Crippen molar-refractivity contribution in [1.29, 1.82) is 0 Å². The van der Waals surface area contributed by atoms with Crippen molar-refractivity contribution in [3.05, 3.63) is 41.5 Å². The molecule has 0 aliphatic heterocycles. The molecule has 1 fully saturated rings. The highest BCUT2D eigenvalue weighted by molar-refractivity contribution is 5.97. The Hall–Kier alpha value is -1.57. The van der Waals surface area contributed by atoms with E-state index in [1.807, 2.05) is 43.3 Å². The molecule has 1 saturated carbocycles. The zero-order valence-electron chi connectivity index (χ0n) is 12.4. The normalized spacial score (nSPS) is 18.1. The molecule has 0 spiro atoms. The first-order valence-corrected chi connectivity index (χ1v) is 7.80. The van der Waals surface area contributed by atoms with Gasteiger partial charge in [0.2, 0.25) is 5.91 Å². The first-order valence-electron chi connectivity index (χ1n) is 7.80. The Bertz CT molecular complexity index is 442. The van der Waals surface area contributed by atoms with Gasteiger partial charge in [-0.1, -0.05) is 62.4 Å². The van der Waals surface area contributed by atoms with Gasteiger partial charge in [0.25, 0.3) is 0 Å². The van der Waals surface area contributed by atoms with Gasteiger partial charge in [0.05, 0.1) is 0 Å². The predicted octanol–water partition coefficient (Wildman–Crippen LogP) is 4.32. The van der Waals surface area contributed by atoms with E-state index in [4.69, 9.17) is 0 Å². The monoisotopic (exact) mass is 271 g/mol. The molecule has 1 aromatic carbocycles. The largest absolute Gasteiger partial charge is 0.350 e. The molecular weight excluding hydrogens is 246 g/mol. The van der Waals surface area contributed by atoms with Crippen molar-refractivity contribution in [3.8, 4) is 0 Å². The van der Waals surface area contributed by atoms with Crippen molar-refractivity contribution in [3.63, 3.8) is 0 Å². The summed E-state index contributed by atoms with van der Waals surface area (Å²) in [7, 11) is 0. The van der Waals surface area contributed by atoms with Crippen LogP contribution in [0.15, 0.2) is 35.9 Å². The van der Waals surface area contributed by atoms with E-state index < -0.39 is 0 Å². The molecule has 0 unspecified atom stereocenters. The van der Waals surface area contributed by atoms with Gasteiger partial charge < -0.3 is 5.32 Å². The Morgan fingerprint density at radius 1 is 1.05 bits per heavy atom. The highest BCUT2D eigenvalue weighted by Gasteiger charge is 2.14. The second-order valence-electron chi connectivity index (χ2n) is 5.75. The minimum absolute atomic E-state index is 0.0828. The molecular formula is C18H25NO. The number of hydrogen-bond acceptors (Lipinski definition) is 1. The maximum atomic E-state index is 12.2. The fraction of sp³-hybridized carbons (Fsp3) is 0.500. The summed E-state index contributed by atoms with van der Waals surface area (Å²) < 4.78 is 0. The number of hydrogen-bond donors (Lipinski definition) is 1. The van der Waals surface area contributed by atoms with Gasteiger partial charge in [-0.3, -0.25) is 4.79 Å². The summed E-state index contributed by atoms with van der Waals surface area (Å²) in [5.41, 5.74) is 1.87. The molecule has 1 aromatic rings. The molecule has 0 heterocycles. The standard InChI is InChI=1S/C18H25NO/c1-15(14-16-10-6-5-7-11-16)18(20)19-17-12-8-3-2-4-9-13-17/h5-7,10-11,14,17H,2-4,8-9,12-13H2,1H3,(H,19,20). The molecule has 0 radical (unpaired) electrons. The lowest BCUT2D eigenvalue weighted by atomic mass is 9.96. The summed E-state index contributed by atoms with van der Waals surface area (Å²) in [6.45, 7) is 1.89. The number of carbonyl (C=O) groups is 1. The van der Waals surface area contributed by atoms with Crippen LogP contribution in [0.4, 0.5) is 0 Å². The second kappa shape index (κ2) is 7.88. The lowest BCUT2D eigenvalue weighted by Crippen LogP contribution is -2.35. The molecule has 108 valence electrons. The quantitative estimate of drug-likeness (QED) is 0.815. The fourth-order valence-corrected chi connectivity index (χ4v) is 2.76. The first kappa shape index (κ1) is 14.8. The van der Waals surface area contributed by atoms with Gasteiger partial charge in [0.1, 0.15) is 0 Å². The van der Waals surface area contributed by atoms with Gasteiger partial charge >= 0.3 is 0 Å². The lowest BCUT2D eigenvalue weighted by molar-refractivity contribution is -0.118. The van der Waals surface area contributed by atoms with Crippen LogP contribution >= 0.6 is 0 Å². The van der Waals surface area contributed by atoms with Crippen LogP contribution in [0.5, 0.6) is 0 Å². The minimum Gasteiger partial charge on any atom is -0.350 e. The van der Waals surface area contributed by atoms with Gasteiger partial charge in [0.15, 0.2) is 0 Å². The van der Waals surface area contributed by atoms with Crippen molar-refractivity contribution < 1.29 is 4.79 Å². The summed E-state index contributed by atoms with van der Waals surface area (Å²) in [5.74, 6) is 0.0828. The third-order valence-electron chi connectivity index (χ3n) is 3.98. The Morgan fingerprint density at radius 3 is 2.30 bits per heavy atom. The van der Waals surface area contributed by atoms with Gasteiger partial charge in [-0.15, -0.1) is 0 Å². The highest BCUT2D eigenvalue weighted by atomic mass is 16.1. The van der Waals surface area contributed by atoms with E-state index in [9.17, 15) is 4.79 Å². The number of rotatable bonds is 3. The van der Waals surface area contributed by atoms with Crippen LogP contribution in [0.3, 0.4) is 0 Å². The van der Waals surface area contributed by atoms with Crippen LogP contribution in [0.25, 0.3) is 6.08 Å². The van der Waals surface area contributed by atoms with E-state index in [-0.39, 0.29) is 5.91 Å². The molecule has 1 aliphatic rings. The van der Waals surface area contributed by atoms with Crippen molar-refractivity contribution in [2.45, 2.75) is 57.9 Å². The van der Waals surface area contributed by atoms with Crippen LogP contribution in [-0.2, 0) is 4.79 Å². The third kappa shape index (κ3) is 4.84. The molecule has 1 amide bonds. The minimum atomic E-state index is 0.0828. The highest BCUT2D eigenvalue weighted by Crippen LogP contribution is 2.17. The van der Waals surface area contributed by atoms with Crippen LogP contribution in [0.2, 0.25) is 0 Å². The Kier molecular flexibility index (Phi) is 5.85. The second-order valence-corrected chi connectivity index (χ2v) is 5.75. The lowest BCUT2D eigenvalue weighted by Gasteiger charge is -2.21. The van der Waals surface area contributed by atoms with Gasteiger partial charge in [0, 0.05) is 11.6 Å². The van der Waals surface area contributed by atoms with Crippen LogP contribution in [-0.4, -0.2) is 11.9 Å². The van der Waals surface area contributed by atoms with E-state index in [1.54, 1.807) is 0 Å². The van der Waals surface area contributed by atoms with Crippen molar-refractivity contribution in [2.24, 2.45) is 0 Å². The third-order valence-corrected chi connectivity index (χ3v) is 3.98. The van der Waals surface area contributed by atoms with Gasteiger partial charge in [-0.2, -0.15) is 0 Å².